The van der Waals surface area contributed by atoms with E-state index in [1.807, 2.05) is 0 Å². The summed E-state index contributed by atoms with van der Waals surface area (Å²) in [7, 11) is 0. The van der Waals surface area contributed by atoms with Crippen LogP contribution in [0.2, 0.25) is 0 Å². The van der Waals surface area contributed by atoms with Crippen LogP contribution < -0.4 is 5.32 Å². The topological polar surface area (TPSA) is 12.0 Å². The zero-order valence-electron chi connectivity index (χ0n) is 14.0. The van der Waals surface area contributed by atoms with Gasteiger partial charge in [-0.15, -0.1) is 0 Å². The maximum Gasteiger partial charge on any atom is 0.0258 e. The molecule has 0 fully saturated rings. The molecule has 0 bridgehead atoms. The largest absolute Gasteiger partial charge is 0.310 e. The van der Waals surface area contributed by atoms with Crippen LogP contribution in [0, 0.1) is 12.8 Å². The molecule has 1 heteroatoms. The Hall–Kier alpha value is -1.08. The number of allylic oxidation sites excluding steroid dienone is 1. The lowest BCUT2D eigenvalue weighted by Crippen LogP contribution is -2.32. The van der Waals surface area contributed by atoms with E-state index in [2.05, 4.69) is 77.2 Å². The van der Waals surface area contributed by atoms with Crippen molar-refractivity contribution in [1.82, 2.24) is 5.32 Å². The first-order valence-corrected chi connectivity index (χ1v) is 7.83. The minimum atomic E-state index is 0.471. The van der Waals surface area contributed by atoms with Crippen LogP contribution in [-0.2, 0) is 0 Å². The predicted octanol–water partition coefficient (Wildman–Crippen LogP) is 5.07. The standard InChI is InChI=1S/C19H31N/c1-14(2)11-19(20-13-15(3)4)12-17(6)18-9-7-16(5)8-10-18/h7-11,15,17,19-20H,12-13H2,1-6H3/t17-,19+/m0/s1. The summed E-state index contributed by atoms with van der Waals surface area (Å²) >= 11 is 0. The van der Waals surface area contributed by atoms with E-state index in [0.717, 1.165) is 13.0 Å². The molecule has 0 aliphatic carbocycles. The summed E-state index contributed by atoms with van der Waals surface area (Å²) in [6.45, 7) is 14.4. The van der Waals surface area contributed by atoms with Crippen LogP contribution in [-0.4, -0.2) is 12.6 Å². The fourth-order valence-corrected chi connectivity index (χ4v) is 2.41. The molecule has 0 spiro atoms. The van der Waals surface area contributed by atoms with Crippen molar-refractivity contribution in [3.05, 3.63) is 47.0 Å². The van der Waals surface area contributed by atoms with Crippen LogP contribution in [0.25, 0.3) is 0 Å². The summed E-state index contributed by atoms with van der Waals surface area (Å²) < 4.78 is 0. The second kappa shape index (κ2) is 8.26. The fourth-order valence-electron chi connectivity index (χ4n) is 2.41. The summed E-state index contributed by atoms with van der Waals surface area (Å²) in [4.78, 5) is 0. The molecular formula is C19H31N. The molecule has 1 nitrogen and oxygen atoms in total. The van der Waals surface area contributed by atoms with E-state index in [-0.39, 0.29) is 0 Å². The first-order chi connectivity index (χ1) is 9.38. The number of nitrogens with one attached hydrogen (secondary N) is 1. The number of hydrogen-bond donors (Lipinski definition) is 1. The molecule has 0 radical (unpaired) electrons. The molecule has 0 amide bonds. The quantitative estimate of drug-likeness (QED) is 0.684. The Morgan fingerprint density at radius 3 is 2.20 bits per heavy atom. The van der Waals surface area contributed by atoms with Gasteiger partial charge in [0.25, 0.3) is 0 Å². The average Bonchev–Trinajstić information content (AvgIpc) is 2.36. The third kappa shape index (κ3) is 6.38. The van der Waals surface area contributed by atoms with Gasteiger partial charge in [-0.3, -0.25) is 0 Å². The van der Waals surface area contributed by atoms with Crippen LogP contribution in [0.1, 0.15) is 58.1 Å². The molecule has 20 heavy (non-hydrogen) atoms. The Morgan fingerprint density at radius 1 is 1.10 bits per heavy atom. The summed E-state index contributed by atoms with van der Waals surface area (Å²) in [6.07, 6.45) is 3.52. The second-order valence-corrected chi connectivity index (χ2v) is 6.70. The molecule has 1 aromatic rings. The highest BCUT2D eigenvalue weighted by Gasteiger charge is 2.12. The predicted molar refractivity (Wildman–Crippen MR) is 90.3 cm³/mol. The van der Waals surface area contributed by atoms with Crippen molar-refractivity contribution in [3.63, 3.8) is 0 Å². The maximum absolute atomic E-state index is 3.69. The number of rotatable bonds is 7. The summed E-state index contributed by atoms with van der Waals surface area (Å²) in [5.41, 5.74) is 4.16. The molecule has 1 rings (SSSR count). The Bertz CT molecular complexity index is 410. The average molecular weight is 273 g/mol. The molecule has 0 aliphatic rings. The van der Waals surface area contributed by atoms with Gasteiger partial charge in [0.1, 0.15) is 0 Å². The first-order valence-electron chi connectivity index (χ1n) is 7.83. The molecule has 1 aromatic carbocycles. The minimum absolute atomic E-state index is 0.471. The minimum Gasteiger partial charge on any atom is -0.310 e. The van der Waals surface area contributed by atoms with Crippen LogP contribution in [0.15, 0.2) is 35.9 Å². The molecule has 112 valence electrons. The Labute approximate surface area is 125 Å². The number of aryl methyl sites for hydroxylation is 1. The number of hydrogen-bond acceptors (Lipinski definition) is 1. The van der Waals surface area contributed by atoms with Crippen molar-refractivity contribution < 1.29 is 0 Å². The van der Waals surface area contributed by atoms with Gasteiger partial charge in [-0.05, 0) is 51.1 Å². The van der Waals surface area contributed by atoms with Crippen LogP contribution in [0.4, 0.5) is 0 Å². The van der Waals surface area contributed by atoms with Gasteiger partial charge in [0, 0.05) is 6.04 Å². The third-order valence-corrected chi connectivity index (χ3v) is 3.58. The van der Waals surface area contributed by atoms with Gasteiger partial charge in [0.2, 0.25) is 0 Å². The molecule has 0 aliphatic heterocycles. The van der Waals surface area contributed by atoms with Crippen molar-refractivity contribution in [2.45, 2.75) is 59.9 Å². The van der Waals surface area contributed by atoms with Crippen molar-refractivity contribution in [1.29, 1.82) is 0 Å². The molecule has 1 N–H and O–H groups in total. The number of benzene rings is 1. The zero-order valence-corrected chi connectivity index (χ0v) is 14.0. The summed E-state index contributed by atoms with van der Waals surface area (Å²) in [5.74, 6) is 1.27. The lowest BCUT2D eigenvalue weighted by Gasteiger charge is -2.22. The van der Waals surface area contributed by atoms with E-state index in [1.54, 1.807) is 0 Å². The Balaban J connectivity index is 2.67. The Kier molecular flexibility index (Phi) is 7.01. The van der Waals surface area contributed by atoms with Gasteiger partial charge in [0.05, 0.1) is 0 Å². The van der Waals surface area contributed by atoms with Crippen LogP contribution in [0.5, 0.6) is 0 Å². The molecule has 0 saturated carbocycles. The first kappa shape index (κ1) is 17.0. The summed E-state index contributed by atoms with van der Waals surface area (Å²) in [6, 6.07) is 9.43. The molecule has 2 atom stereocenters. The lowest BCUT2D eigenvalue weighted by molar-refractivity contribution is 0.468. The zero-order chi connectivity index (χ0) is 15.1. The van der Waals surface area contributed by atoms with Gasteiger partial charge in [-0.25, -0.2) is 0 Å². The van der Waals surface area contributed by atoms with E-state index in [1.165, 1.54) is 16.7 Å². The Morgan fingerprint density at radius 2 is 1.70 bits per heavy atom. The highest BCUT2D eigenvalue weighted by Crippen LogP contribution is 2.22. The monoisotopic (exact) mass is 273 g/mol. The molecule has 0 unspecified atom stereocenters. The van der Waals surface area contributed by atoms with Gasteiger partial charge in [-0.1, -0.05) is 62.2 Å². The second-order valence-electron chi connectivity index (χ2n) is 6.70. The van der Waals surface area contributed by atoms with E-state index >= 15 is 0 Å². The summed E-state index contributed by atoms with van der Waals surface area (Å²) in [5, 5.41) is 3.69. The molecule has 0 aromatic heterocycles. The van der Waals surface area contributed by atoms with Crippen LogP contribution in [0.3, 0.4) is 0 Å². The fraction of sp³-hybridized carbons (Fsp3) is 0.579. The molecule has 0 heterocycles. The highest BCUT2D eigenvalue weighted by atomic mass is 14.9. The molecule has 0 saturated heterocycles. The maximum atomic E-state index is 3.69. The third-order valence-electron chi connectivity index (χ3n) is 3.58. The van der Waals surface area contributed by atoms with Crippen molar-refractivity contribution in [3.8, 4) is 0 Å². The van der Waals surface area contributed by atoms with E-state index in [9.17, 15) is 0 Å². The smallest absolute Gasteiger partial charge is 0.0258 e. The van der Waals surface area contributed by atoms with Crippen molar-refractivity contribution in [2.24, 2.45) is 5.92 Å². The van der Waals surface area contributed by atoms with E-state index < -0.39 is 0 Å². The normalized spacial score (nSPS) is 14.2. The molecular weight excluding hydrogens is 242 g/mol. The van der Waals surface area contributed by atoms with Gasteiger partial charge >= 0.3 is 0 Å². The lowest BCUT2D eigenvalue weighted by atomic mass is 9.92. The van der Waals surface area contributed by atoms with Gasteiger partial charge in [0.15, 0.2) is 0 Å². The highest BCUT2D eigenvalue weighted by molar-refractivity contribution is 5.24. The van der Waals surface area contributed by atoms with Gasteiger partial charge in [-0.2, -0.15) is 0 Å². The van der Waals surface area contributed by atoms with E-state index in [4.69, 9.17) is 0 Å². The van der Waals surface area contributed by atoms with Gasteiger partial charge < -0.3 is 5.32 Å². The SMILES string of the molecule is CC(C)=C[C@H](C[C@H](C)c1ccc(C)cc1)NCC(C)C. The van der Waals surface area contributed by atoms with Crippen molar-refractivity contribution in [2.75, 3.05) is 6.54 Å². The van der Waals surface area contributed by atoms with E-state index in [0.29, 0.717) is 17.9 Å². The van der Waals surface area contributed by atoms with Crippen LogP contribution >= 0.6 is 0 Å². The van der Waals surface area contributed by atoms with Crippen molar-refractivity contribution >= 4 is 0 Å².